The van der Waals surface area contributed by atoms with Gasteiger partial charge in [0.1, 0.15) is 17.7 Å². The lowest BCUT2D eigenvalue weighted by Crippen LogP contribution is -2.40. The number of hydrogen-bond acceptors (Lipinski definition) is 6. The highest BCUT2D eigenvalue weighted by Crippen LogP contribution is 2.32. The van der Waals surface area contributed by atoms with Crippen LogP contribution in [-0.2, 0) is 0 Å². The van der Waals surface area contributed by atoms with E-state index in [1.165, 1.54) is 6.33 Å². The summed E-state index contributed by atoms with van der Waals surface area (Å²) in [6, 6.07) is 13.4. The van der Waals surface area contributed by atoms with Crippen LogP contribution in [0.5, 0.6) is 17.4 Å². The maximum absolute atomic E-state index is 12.6. The van der Waals surface area contributed by atoms with Crippen molar-refractivity contribution in [3.05, 3.63) is 72.4 Å². The summed E-state index contributed by atoms with van der Waals surface area (Å²) < 4.78 is 13.7. The molecule has 0 saturated carbocycles. The van der Waals surface area contributed by atoms with E-state index in [9.17, 15) is 4.79 Å². The molecule has 1 aliphatic rings. The molecule has 33 heavy (non-hydrogen) atoms. The molecule has 0 atom stereocenters. The molecule has 0 N–H and O–H groups in total. The fourth-order valence-electron chi connectivity index (χ4n) is 4.10. The van der Waals surface area contributed by atoms with E-state index in [-0.39, 0.29) is 12.1 Å². The molecule has 0 unspecified atom stereocenters. The van der Waals surface area contributed by atoms with Gasteiger partial charge in [-0.2, -0.15) is 0 Å². The van der Waals surface area contributed by atoms with Crippen molar-refractivity contribution in [3.8, 4) is 17.4 Å². The molecule has 1 aromatic carbocycles. The monoisotopic (exact) mass is 443 g/mol. The third-order valence-corrected chi connectivity index (χ3v) is 5.98. The third-order valence-electron chi connectivity index (χ3n) is 5.98. The summed E-state index contributed by atoms with van der Waals surface area (Å²) >= 11 is 0. The minimum atomic E-state index is -0.306. The average molecular weight is 444 g/mol. The number of benzene rings is 1. The highest BCUT2D eigenvalue weighted by atomic mass is 16.6. The van der Waals surface area contributed by atoms with Gasteiger partial charge in [-0.25, -0.2) is 14.8 Å². The van der Waals surface area contributed by atoms with Gasteiger partial charge < -0.3 is 18.9 Å². The average Bonchev–Trinajstić information content (AvgIpc) is 3.27. The number of pyridine rings is 1. The molecule has 0 radical (unpaired) electrons. The molecule has 1 saturated heterocycles. The van der Waals surface area contributed by atoms with Crippen molar-refractivity contribution >= 4 is 17.1 Å². The molecule has 5 rings (SSSR count). The predicted molar refractivity (Wildman–Crippen MR) is 124 cm³/mol. The number of amides is 1. The Morgan fingerprint density at radius 2 is 1.79 bits per heavy atom. The first-order valence-corrected chi connectivity index (χ1v) is 11.0. The Bertz CT molecular complexity index is 1280. The van der Waals surface area contributed by atoms with E-state index in [4.69, 9.17) is 9.47 Å². The fourth-order valence-corrected chi connectivity index (χ4v) is 4.10. The number of carbonyl (C=O) groups is 1. The zero-order chi connectivity index (χ0) is 22.8. The van der Waals surface area contributed by atoms with Crippen molar-refractivity contribution < 1.29 is 14.3 Å². The molecule has 3 aromatic heterocycles. The number of aromatic nitrogens is 4. The smallest absolute Gasteiger partial charge is 0.415 e. The van der Waals surface area contributed by atoms with Gasteiger partial charge in [-0.15, -0.1) is 0 Å². The van der Waals surface area contributed by atoms with Gasteiger partial charge >= 0.3 is 6.09 Å². The van der Waals surface area contributed by atoms with Crippen LogP contribution in [0.25, 0.3) is 11.0 Å². The summed E-state index contributed by atoms with van der Waals surface area (Å²) in [5.41, 5.74) is 2.75. The van der Waals surface area contributed by atoms with Gasteiger partial charge in [-0.3, -0.25) is 4.98 Å². The maximum Gasteiger partial charge on any atom is 0.415 e. The van der Waals surface area contributed by atoms with Gasteiger partial charge in [0.15, 0.2) is 5.75 Å². The quantitative estimate of drug-likeness (QED) is 0.438. The predicted octanol–water partition coefficient (Wildman–Crippen LogP) is 5.07. The third kappa shape index (κ3) is 4.37. The minimum Gasteiger partial charge on any atom is -0.436 e. The van der Waals surface area contributed by atoms with Crippen molar-refractivity contribution in [2.45, 2.75) is 32.7 Å². The number of carbonyl (C=O) groups excluding carboxylic acids is 1. The topological polar surface area (TPSA) is 82.4 Å². The van der Waals surface area contributed by atoms with Gasteiger partial charge in [-0.05, 0) is 57.0 Å². The minimum absolute atomic E-state index is 0.230. The molecule has 8 nitrogen and oxygen atoms in total. The second kappa shape index (κ2) is 8.90. The largest absolute Gasteiger partial charge is 0.436 e. The van der Waals surface area contributed by atoms with Crippen LogP contribution in [0.4, 0.5) is 4.79 Å². The maximum atomic E-state index is 12.6. The van der Waals surface area contributed by atoms with Gasteiger partial charge in [0, 0.05) is 31.5 Å². The standard InChI is InChI=1S/C25H25N5O3/c1-17-5-7-20(8-6-17)32-25(31)29-13-9-19(10-14-29)30-15-11-21-23(30)27-16-28-24(21)33-22-4-3-12-26-18(22)2/h3-8,11-12,15-16,19H,9-10,13-14H2,1-2H3. The van der Waals surface area contributed by atoms with Crippen LogP contribution < -0.4 is 9.47 Å². The van der Waals surface area contributed by atoms with Crippen LogP contribution in [0.3, 0.4) is 0 Å². The van der Waals surface area contributed by atoms with Crippen molar-refractivity contribution in [2.75, 3.05) is 13.1 Å². The highest BCUT2D eigenvalue weighted by molar-refractivity contribution is 5.81. The molecule has 0 aliphatic carbocycles. The second-order valence-electron chi connectivity index (χ2n) is 8.23. The molecule has 0 bridgehead atoms. The van der Waals surface area contributed by atoms with Crippen molar-refractivity contribution in [2.24, 2.45) is 0 Å². The lowest BCUT2D eigenvalue weighted by Gasteiger charge is -2.32. The zero-order valence-electron chi connectivity index (χ0n) is 18.6. The lowest BCUT2D eigenvalue weighted by atomic mass is 10.1. The van der Waals surface area contributed by atoms with E-state index < -0.39 is 0 Å². The molecule has 1 aliphatic heterocycles. The van der Waals surface area contributed by atoms with Crippen molar-refractivity contribution in [1.29, 1.82) is 0 Å². The van der Waals surface area contributed by atoms with Gasteiger partial charge in [0.25, 0.3) is 0 Å². The number of ether oxygens (including phenoxy) is 2. The van der Waals surface area contributed by atoms with Crippen LogP contribution in [-0.4, -0.2) is 43.6 Å². The van der Waals surface area contributed by atoms with Crippen LogP contribution in [0.1, 0.15) is 30.1 Å². The lowest BCUT2D eigenvalue weighted by molar-refractivity contribution is 0.132. The Kier molecular flexibility index (Phi) is 5.64. The first-order valence-electron chi connectivity index (χ1n) is 11.0. The van der Waals surface area contributed by atoms with E-state index >= 15 is 0 Å². The van der Waals surface area contributed by atoms with E-state index in [0.29, 0.717) is 30.5 Å². The van der Waals surface area contributed by atoms with Crippen molar-refractivity contribution in [3.63, 3.8) is 0 Å². The van der Waals surface area contributed by atoms with Crippen LogP contribution in [0.2, 0.25) is 0 Å². The van der Waals surface area contributed by atoms with Crippen LogP contribution in [0.15, 0.2) is 61.2 Å². The zero-order valence-corrected chi connectivity index (χ0v) is 18.6. The summed E-state index contributed by atoms with van der Waals surface area (Å²) in [5.74, 6) is 1.75. The van der Waals surface area contributed by atoms with Crippen LogP contribution >= 0.6 is 0 Å². The first-order chi connectivity index (χ1) is 16.1. The number of rotatable bonds is 4. The summed E-state index contributed by atoms with van der Waals surface area (Å²) in [6.07, 6.45) is 6.60. The highest BCUT2D eigenvalue weighted by Gasteiger charge is 2.26. The molecule has 4 aromatic rings. The molecule has 8 heteroatoms. The van der Waals surface area contributed by atoms with Gasteiger partial charge in [0.05, 0.1) is 11.1 Å². The van der Waals surface area contributed by atoms with E-state index in [2.05, 4.69) is 19.5 Å². The summed E-state index contributed by atoms with van der Waals surface area (Å²) in [5, 5.41) is 0.849. The summed E-state index contributed by atoms with van der Waals surface area (Å²) in [4.78, 5) is 27.4. The summed E-state index contributed by atoms with van der Waals surface area (Å²) in [7, 11) is 0. The number of likely N-dealkylation sites (tertiary alicyclic amines) is 1. The Morgan fingerprint density at radius 3 is 2.55 bits per heavy atom. The Labute approximate surface area is 191 Å². The van der Waals surface area contributed by atoms with E-state index in [1.54, 1.807) is 11.1 Å². The number of nitrogens with zero attached hydrogens (tertiary/aromatic N) is 5. The molecular formula is C25H25N5O3. The number of piperidine rings is 1. The molecule has 1 fully saturated rings. The van der Waals surface area contributed by atoms with Crippen LogP contribution in [0, 0.1) is 13.8 Å². The van der Waals surface area contributed by atoms with Gasteiger partial charge in [0.2, 0.25) is 5.88 Å². The first kappa shape index (κ1) is 20.9. The second-order valence-corrected chi connectivity index (χ2v) is 8.23. The normalized spacial score (nSPS) is 14.4. The van der Waals surface area contributed by atoms with E-state index in [0.717, 1.165) is 35.1 Å². The van der Waals surface area contributed by atoms with E-state index in [1.807, 2.05) is 62.5 Å². The Morgan fingerprint density at radius 1 is 1.00 bits per heavy atom. The fraction of sp³-hybridized carbons (Fsp3) is 0.280. The molecule has 168 valence electrons. The number of fused-ring (bicyclic) bond motifs is 1. The van der Waals surface area contributed by atoms with Crippen molar-refractivity contribution in [1.82, 2.24) is 24.4 Å². The molecule has 1 amide bonds. The SMILES string of the molecule is Cc1ccc(OC(=O)N2CCC(n3ccc4c(Oc5cccnc5C)ncnc43)CC2)cc1. The Hall–Kier alpha value is -3.94. The molecular weight excluding hydrogens is 418 g/mol. The molecule has 0 spiro atoms. The Balaban J connectivity index is 1.27. The number of aryl methyl sites for hydroxylation is 2. The molecule has 4 heterocycles. The summed E-state index contributed by atoms with van der Waals surface area (Å²) in [6.45, 7) is 5.15. The van der Waals surface area contributed by atoms with Gasteiger partial charge in [-0.1, -0.05) is 17.7 Å². The number of hydrogen-bond donors (Lipinski definition) is 0.